The Bertz CT molecular complexity index is 524. The Hall–Kier alpha value is 0.260. The van der Waals surface area contributed by atoms with E-state index in [0.717, 1.165) is 38.5 Å². The van der Waals surface area contributed by atoms with Gasteiger partial charge in [0.15, 0.2) is 4.90 Å². The van der Waals surface area contributed by atoms with Gasteiger partial charge >= 0.3 is 15.2 Å². The minimum absolute atomic E-state index is 0.0826. The van der Waals surface area contributed by atoms with E-state index >= 15 is 0 Å². The van der Waals surface area contributed by atoms with Crippen LogP contribution in [0.4, 0.5) is 0 Å². The van der Waals surface area contributed by atoms with Crippen molar-refractivity contribution in [2.24, 2.45) is 0 Å². The third-order valence-electron chi connectivity index (χ3n) is 6.78. The van der Waals surface area contributed by atoms with E-state index in [9.17, 15) is 28.7 Å². The first kappa shape index (κ1) is 25.3. The fourth-order valence-electron chi connectivity index (χ4n) is 5.56. The quantitative estimate of drug-likeness (QED) is 0.402. The molecule has 9 heteroatoms. The highest BCUT2D eigenvalue weighted by molar-refractivity contribution is 7.72. The Balaban J connectivity index is 3.66. The predicted octanol–water partition coefficient (Wildman–Crippen LogP) is 4.44. The monoisotopic (exact) mass is 427 g/mol. The lowest BCUT2D eigenvalue weighted by Gasteiger charge is -2.57. The van der Waals surface area contributed by atoms with Crippen LogP contribution in [0.1, 0.15) is 91.9 Å². The van der Waals surface area contributed by atoms with Crippen LogP contribution in [0.15, 0.2) is 0 Å². The second-order valence-electron chi connectivity index (χ2n) is 7.78. The molecule has 1 rings (SSSR count). The van der Waals surface area contributed by atoms with Gasteiger partial charge in [0.05, 0.1) is 0 Å². The molecule has 1 aliphatic rings. The summed E-state index contributed by atoms with van der Waals surface area (Å²) in [6, 6.07) is 0.0826. The van der Waals surface area contributed by atoms with Gasteiger partial charge < -0.3 is 19.6 Å². The molecule has 0 heterocycles. The molecular formula is C18H39NO6P2. The predicted molar refractivity (Wildman–Crippen MR) is 109 cm³/mol. The Morgan fingerprint density at radius 1 is 0.778 bits per heavy atom. The van der Waals surface area contributed by atoms with Crippen molar-refractivity contribution in [1.29, 1.82) is 0 Å². The standard InChI is InChI=1S/C18H39NO6P2/c1-5-17(6-2,18(7-3,26(20,21)22)27(23,24)25)19(8-4)16-14-12-10-9-11-13-15-16/h16H,5-15H2,1-4H3,(H2,20,21,22)(H2,23,24,25). The lowest BCUT2D eigenvalue weighted by atomic mass is 9.81. The van der Waals surface area contributed by atoms with E-state index < -0.39 is 25.6 Å². The number of nitrogens with zero attached hydrogens (tertiary/aromatic N) is 1. The van der Waals surface area contributed by atoms with Crippen LogP contribution in [-0.2, 0) is 9.13 Å². The zero-order valence-corrected chi connectivity index (χ0v) is 19.1. The maximum Gasteiger partial charge on any atom is 0.345 e. The van der Waals surface area contributed by atoms with Crippen LogP contribution < -0.4 is 0 Å². The first-order chi connectivity index (χ1) is 12.5. The molecule has 0 aromatic carbocycles. The molecule has 0 aliphatic heterocycles. The highest BCUT2D eigenvalue weighted by atomic mass is 31.2. The SMILES string of the molecule is CCN(C1CCCCCCC1)C(CC)(CC)C(CC)(P(=O)(O)O)P(=O)(O)O. The summed E-state index contributed by atoms with van der Waals surface area (Å²) in [6.07, 6.45) is 7.63. The lowest BCUT2D eigenvalue weighted by Crippen LogP contribution is -2.65. The Kier molecular flexibility index (Phi) is 9.22. The molecule has 0 amide bonds. The third-order valence-corrected chi connectivity index (χ3v) is 11.7. The minimum Gasteiger partial charge on any atom is -0.324 e. The van der Waals surface area contributed by atoms with Crippen molar-refractivity contribution in [2.75, 3.05) is 6.54 Å². The third kappa shape index (κ3) is 4.55. The Morgan fingerprint density at radius 3 is 1.48 bits per heavy atom. The molecule has 1 fully saturated rings. The largest absolute Gasteiger partial charge is 0.345 e. The molecule has 0 aromatic rings. The molecule has 27 heavy (non-hydrogen) atoms. The van der Waals surface area contributed by atoms with E-state index in [1.165, 1.54) is 13.3 Å². The molecule has 0 aromatic heterocycles. The first-order valence-electron chi connectivity index (χ1n) is 10.4. The van der Waals surface area contributed by atoms with Crippen LogP contribution >= 0.6 is 15.2 Å². The maximum atomic E-state index is 12.7. The van der Waals surface area contributed by atoms with Gasteiger partial charge in [-0.25, -0.2) is 0 Å². The summed E-state index contributed by atoms with van der Waals surface area (Å²) in [4.78, 5) is 40.8. The minimum atomic E-state index is -5.13. The van der Waals surface area contributed by atoms with E-state index in [-0.39, 0.29) is 25.3 Å². The average molecular weight is 427 g/mol. The van der Waals surface area contributed by atoms with Crippen molar-refractivity contribution < 1.29 is 28.7 Å². The van der Waals surface area contributed by atoms with Crippen LogP contribution in [0.2, 0.25) is 0 Å². The van der Waals surface area contributed by atoms with E-state index in [1.54, 1.807) is 13.8 Å². The summed E-state index contributed by atoms with van der Waals surface area (Å²) in [7, 11) is -10.3. The second kappa shape index (κ2) is 9.84. The summed E-state index contributed by atoms with van der Waals surface area (Å²) < 4.78 is 25.4. The molecule has 0 radical (unpaired) electrons. The van der Waals surface area contributed by atoms with Gasteiger partial charge in [0.1, 0.15) is 0 Å². The van der Waals surface area contributed by atoms with Crippen molar-refractivity contribution >= 4 is 15.2 Å². The average Bonchev–Trinajstić information content (AvgIpc) is 2.53. The topological polar surface area (TPSA) is 118 Å². The van der Waals surface area contributed by atoms with E-state index in [4.69, 9.17) is 0 Å². The number of hydrogen-bond acceptors (Lipinski definition) is 3. The molecule has 0 atom stereocenters. The van der Waals surface area contributed by atoms with Gasteiger partial charge in [-0.2, -0.15) is 0 Å². The van der Waals surface area contributed by atoms with Crippen LogP contribution in [0.25, 0.3) is 0 Å². The van der Waals surface area contributed by atoms with Crippen LogP contribution in [0.5, 0.6) is 0 Å². The summed E-state index contributed by atoms with van der Waals surface area (Å²) in [5.74, 6) is 0. The zero-order valence-electron chi connectivity index (χ0n) is 17.3. The highest BCUT2D eigenvalue weighted by Crippen LogP contribution is 2.76. The summed E-state index contributed by atoms with van der Waals surface area (Å²) in [6.45, 7) is 7.52. The molecule has 0 unspecified atom stereocenters. The van der Waals surface area contributed by atoms with E-state index in [0.29, 0.717) is 6.54 Å². The van der Waals surface area contributed by atoms with Gasteiger partial charge in [-0.05, 0) is 38.6 Å². The van der Waals surface area contributed by atoms with Crippen molar-refractivity contribution in [3.8, 4) is 0 Å². The molecular weight excluding hydrogens is 388 g/mol. The van der Waals surface area contributed by atoms with Crippen molar-refractivity contribution in [2.45, 2.75) is 108 Å². The zero-order chi connectivity index (χ0) is 20.9. The molecule has 1 aliphatic carbocycles. The van der Waals surface area contributed by atoms with Crippen LogP contribution in [0, 0.1) is 0 Å². The first-order valence-corrected chi connectivity index (χ1v) is 13.6. The maximum absolute atomic E-state index is 12.7. The molecule has 0 bridgehead atoms. The van der Waals surface area contributed by atoms with Crippen molar-refractivity contribution in [3.63, 3.8) is 0 Å². The Morgan fingerprint density at radius 2 is 1.19 bits per heavy atom. The van der Waals surface area contributed by atoms with E-state index in [1.807, 2.05) is 11.8 Å². The number of rotatable bonds is 9. The highest BCUT2D eigenvalue weighted by Gasteiger charge is 2.71. The molecule has 4 N–H and O–H groups in total. The van der Waals surface area contributed by atoms with Gasteiger partial charge in [0.25, 0.3) is 0 Å². The fraction of sp³-hybridized carbons (Fsp3) is 1.00. The van der Waals surface area contributed by atoms with Crippen LogP contribution in [-0.4, -0.2) is 47.5 Å². The molecule has 1 saturated carbocycles. The van der Waals surface area contributed by atoms with Gasteiger partial charge in [-0.3, -0.25) is 14.0 Å². The Labute approximate surface area is 164 Å². The summed E-state index contributed by atoms with van der Waals surface area (Å²) in [5.41, 5.74) is -1.27. The fourth-order valence-corrected chi connectivity index (χ4v) is 9.72. The van der Waals surface area contributed by atoms with Crippen LogP contribution in [0.3, 0.4) is 0 Å². The molecule has 7 nitrogen and oxygen atoms in total. The van der Waals surface area contributed by atoms with Gasteiger partial charge in [0.2, 0.25) is 0 Å². The second-order valence-corrected chi connectivity index (χ2v) is 11.8. The summed E-state index contributed by atoms with van der Waals surface area (Å²) in [5, 5.41) is 0. The molecule has 0 spiro atoms. The molecule has 0 saturated heterocycles. The smallest absolute Gasteiger partial charge is 0.324 e. The van der Waals surface area contributed by atoms with Gasteiger partial charge in [0, 0.05) is 11.6 Å². The number of hydrogen-bond donors (Lipinski definition) is 4. The normalized spacial score (nSPS) is 19.1. The summed E-state index contributed by atoms with van der Waals surface area (Å²) >= 11 is 0. The van der Waals surface area contributed by atoms with Gasteiger partial charge in [-0.15, -0.1) is 0 Å². The van der Waals surface area contributed by atoms with E-state index in [2.05, 4.69) is 0 Å². The van der Waals surface area contributed by atoms with Crippen molar-refractivity contribution in [3.05, 3.63) is 0 Å². The van der Waals surface area contributed by atoms with Crippen molar-refractivity contribution in [1.82, 2.24) is 4.90 Å². The lowest BCUT2D eigenvalue weighted by molar-refractivity contribution is 0.00180. The van der Waals surface area contributed by atoms with Gasteiger partial charge in [-0.1, -0.05) is 59.8 Å². The molecule has 162 valence electrons.